The Bertz CT molecular complexity index is 1310. The van der Waals surface area contributed by atoms with Gasteiger partial charge in [-0.15, -0.1) is 0 Å². The Labute approximate surface area is 189 Å². The summed E-state index contributed by atoms with van der Waals surface area (Å²) < 4.78 is 16.8. The van der Waals surface area contributed by atoms with Gasteiger partial charge in [0.15, 0.2) is 12.0 Å². The van der Waals surface area contributed by atoms with Crippen molar-refractivity contribution in [3.8, 4) is 22.6 Å². The molecule has 3 aromatic carbocycles. The summed E-state index contributed by atoms with van der Waals surface area (Å²) in [5, 5.41) is 3.78. The number of para-hydroxylation sites is 2. The minimum absolute atomic E-state index is 0.162. The maximum Gasteiger partial charge on any atom is 0.262 e. The third-order valence-corrected chi connectivity index (χ3v) is 4.98. The molecule has 32 heavy (non-hydrogen) atoms. The van der Waals surface area contributed by atoms with Gasteiger partial charge in [-0.3, -0.25) is 9.59 Å². The summed E-state index contributed by atoms with van der Waals surface area (Å²) in [7, 11) is 0. The summed E-state index contributed by atoms with van der Waals surface area (Å²) in [6.45, 7) is 2.16. The van der Waals surface area contributed by atoms with Gasteiger partial charge >= 0.3 is 0 Å². The van der Waals surface area contributed by atoms with E-state index >= 15 is 0 Å². The topological polar surface area (TPSA) is 77.8 Å². The van der Waals surface area contributed by atoms with Gasteiger partial charge in [-0.05, 0) is 48.9 Å². The van der Waals surface area contributed by atoms with Crippen molar-refractivity contribution in [3.05, 3.63) is 88.2 Å². The maximum atomic E-state index is 12.9. The Kier molecular flexibility index (Phi) is 6.42. The van der Waals surface area contributed by atoms with E-state index in [1.54, 1.807) is 54.6 Å². The van der Waals surface area contributed by atoms with E-state index in [4.69, 9.17) is 25.5 Å². The van der Waals surface area contributed by atoms with Crippen LogP contribution in [0, 0.1) is 0 Å². The van der Waals surface area contributed by atoms with Gasteiger partial charge < -0.3 is 19.2 Å². The number of rotatable bonds is 7. The van der Waals surface area contributed by atoms with Crippen molar-refractivity contribution in [1.29, 1.82) is 0 Å². The minimum Gasteiger partial charge on any atom is -0.492 e. The Morgan fingerprint density at radius 3 is 2.59 bits per heavy atom. The molecule has 0 atom stereocenters. The quantitative estimate of drug-likeness (QED) is 0.401. The third-order valence-electron chi connectivity index (χ3n) is 4.73. The zero-order valence-corrected chi connectivity index (χ0v) is 18.0. The van der Waals surface area contributed by atoms with Crippen LogP contribution in [0.4, 0.5) is 5.69 Å². The molecule has 0 radical (unpaired) electrons. The van der Waals surface area contributed by atoms with Gasteiger partial charge in [0, 0.05) is 11.1 Å². The van der Waals surface area contributed by atoms with Gasteiger partial charge in [-0.25, -0.2) is 0 Å². The number of benzene rings is 3. The Hall–Kier alpha value is -3.77. The van der Waals surface area contributed by atoms with E-state index in [0.717, 1.165) is 5.56 Å². The maximum absolute atomic E-state index is 12.9. The van der Waals surface area contributed by atoms with Crippen molar-refractivity contribution >= 4 is 34.2 Å². The summed E-state index contributed by atoms with van der Waals surface area (Å²) in [6, 6.07) is 19.0. The first kappa shape index (κ1) is 21.5. The highest BCUT2D eigenvalue weighted by Gasteiger charge is 2.12. The second-order valence-electron chi connectivity index (χ2n) is 6.91. The fourth-order valence-electron chi connectivity index (χ4n) is 3.21. The predicted octanol–water partition coefficient (Wildman–Crippen LogP) is 5.53. The van der Waals surface area contributed by atoms with E-state index in [2.05, 4.69) is 5.32 Å². The van der Waals surface area contributed by atoms with Crippen molar-refractivity contribution in [3.63, 3.8) is 0 Å². The van der Waals surface area contributed by atoms with E-state index < -0.39 is 0 Å². The lowest BCUT2D eigenvalue weighted by molar-refractivity contribution is -0.118. The summed E-state index contributed by atoms with van der Waals surface area (Å²) in [5.74, 6) is 0.664. The van der Waals surface area contributed by atoms with Crippen LogP contribution < -0.4 is 20.2 Å². The first-order valence-corrected chi connectivity index (χ1v) is 10.4. The van der Waals surface area contributed by atoms with Crippen molar-refractivity contribution in [1.82, 2.24) is 0 Å². The second-order valence-corrected chi connectivity index (χ2v) is 7.35. The average Bonchev–Trinajstić information content (AvgIpc) is 2.80. The van der Waals surface area contributed by atoms with E-state index in [1.165, 1.54) is 6.26 Å². The smallest absolute Gasteiger partial charge is 0.262 e. The number of nitrogens with one attached hydrogen (secondary N) is 1. The lowest BCUT2D eigenvalue weighted by Crippen LogP contribution is -2.20. The number of hydrogen-bond acceptors (Lipinski definition) is 5. The third kappa shape index (κ3) is 4.76. The van der Waals surface area contributed by atoms with Crippen LogP contribution in [0.15, 0.2) is 82.2 Å². The molecule has 1 amide bonds. The van der Waals surface area contributed by atoms with Gasteiger partial charge in [-0.1, -0.05) is 35.9 Å². The largest absolute Gasteiger partial charge is 0.492 e. The SMILES string of the molecule is CCOc1ccccc1NC(=O)COc1ccc2c(=O)c(-c3ccc(Cl)cc3)coc2c1. The van der Waals surface area contributed by atoms with Gasteiger partial charge in [-0.2, -0.15) is 0 Å². The monoisotopic (exact) mass is 449 g/mol. The van der Waals surface area contributed by atoms with Crippen LogP contribution in [-0.4, -0.2) is 19.1 Å². The molecule has 6 nitrogen and oxygen atoms in total. The lowest BCUT2D eigenvalue weighted by atomic mass is 10.1. The molecule has 162 valence electrons. The number of amides is 1. The number of halogens is 1. The van der Waals surface area contributed by atoms with E-state index in [0.29, 0.717) is 45.3 Å². The molecular formula is C25H20ClNO5. The molecule has 1 heterocycles. The summed E-state index contributed by atoms with van der Waals surface area (Å²) >= 11 is 5.92. The lowest BCUT2D eigenvalue weighted by Gasteiger charge is -2.12. The molecule has 0 saturated heterocycles. The molecule has 0 bridgehead atoms. The second kappa shape index (κ2) is 9.58. The van der Waals surface area contributed by atoms with Crippen LogP contribution in [0.1, 0.15) is 6.92 Å². The van der Waals surface area contributed by atoms with Crippen molar-refractivity contribution < 1.29 is 18.7 Å². The van der Waals surface area contributed by atoms with E-state index in [-0.39, 0.29) is 17.9 Å². The molecule has 7 heteroatoms. The summed E-state index contributed by atoms with van der Waals surface area (Å²) in [4.78, 5) is 25.2. The molecule has 4 aromatic rings. The summed E-state index contributed by atoms with van der Waals surface area (Å²) in [5.41, 5.74) is 1.93. The van der Waals surface area contributed by atoms with Crippen LogP contribution in [0.5, 0.6) is 11.5 Å². The fraction of sp³-hybridized carbons (Fsp3) is 0.120. The number of fused-ring (bicyclic) bond motifs is 1. The summed E-state index contributed by atoms with van der Waals surface area (Å²) in [6.07, 6.45) is 1.41. The molecule has 0 aliphatic carbocycles. The van der Waals surface area contributed by atoms with Crippen molar-refractivity contribution in [2.24, 2.45) is 0 Å². The first-order valence-electron chi connectivity index (χ1n) is 10.0. The highest BCUT2D eigenvalue weighted by atomic mass is 35.5. The highest BCUT2D eigenvalue weighted by Crippen LogP contribution is 2.25. The minimum atomic E-state index is -0.336. The van der Waals surface area contributed by atoms with Gasteiger partial charge in [0.25, 0.3) is 5.91 Å². The Morgan fingerprint density at radius 2 is 1.81 bits per heavy atom. The number of anilines is 1. The fourth-order valence-corrected chi connectivity index (χ4v) is 3.34. The van der Waals surface area contributed by atoms with Gasteiger partial charge in [0.05, 0.1) is 23.2 Å². The number of carbonyl (C=O) groups is 1. The molecule has 4 rings (SSSR count). The molecular weight excluding hydrogens is 430 g/mol. The zero-order valence-electron chi connectivity index (χ0n) is 17.3. The van der Waals surface area contributed by atoms with E-state index in [1.807, 2.05) is 19.1 Å². The van der Waals surface area contributed by atoms with Crippen LogP contribution >= 0.6 is 11.6 Å². The van der Waals surface area contributed by atoms with Crippen LogP contribution in [0.2, 0.25) is 5.02 Å². The standard InChI is InChI=1S/C25H20ClNO5/c1-2-30-22-6-4-3-5-21(22)27-24(28)15-31-18-11-12-19-23(13-18)32-14-20(25(19)29)16-7-9-17(26)10-8-16/h3-14H,2,15H2,1H3,(H,27,28). The highest BCUT2D eigenvalue weighted by molar-refractivity contribution is 6.30. The van der Waals surface area contributed by atoms with Crippen molar-refractivity contribution in [2.45, 2.75) is 6.92 Å². The average molecular weight is 450 g/mol. The molecule has 0 unspecified atom stereocenters. The van der Waals surface area contributed by atoms with Crippen molar-refractivity contribution in [2.75, 3.05) is 18.5 Å². The normalized spacial score (nSPS) is 10.7. The Morgan fingerprint density at radius 1 is 1.03 bits per heavy atom. The molecule has 1 N–H and O–H groups in total. The van der Waals surface area contributed by atoms with Gasteiger partial charge in [0.1, 0.15) is 23.3 Å². The molecule has 0 saturated carbocycles. The predicted molar refractivity (Wildman–Crippen MR) is 125 cm³/mol. The molecule has 1 aromatic heterocycles. The van der Waals surface area contributed by atoms with Crippen LogP contribution in [-0.2, 0) is 4.79 Å². The molecule has 0 aliphatic rings. The zero-order chi connectivity index (χ0) is 22.5. The first-order chi connectivity index (χ1) is 15.5. The van der Waals surface area contributed by atoms with E-state index in [9.17, 15) is 9.59 Å². The molecule has 0 spiro atoms. The molecule has 0 fully saturated rings. The number of carbonyl (C=O) groups excluding carboxylic acids is 1. The Balaban J connectivity index is 1.47. The van der Waals surface area contributed by atoms with Gasteiger partial charge in [0.2, 0.25) is 0 Å². The van der Waals surface area contributed by atoms with Crippen LogP contribution in [0.25, 0.3) is 22.1 Å². The molecule has 0 aliphatic heterocycles. The number of ether oxygens (including phenoxy) is 2. The van der Waals surface area contributed by atoms with Crippen LogP contribution in [0.3, 0.4) is 0 Å². The number of hydrogen-bond donors (Lipinski definition) is 1.